The quantitative estimate of drug-likeness (QED) is 0.160. The minimum atomic E-state index is 0.662. The molecule has 0 spiro atoms. The molecule has 6 aromatic carbocycles. The SMILES string of the molecule is C=c1/c(=C\C=C(/C)n2c3ccccc3c3ccc(-c4nccc(-c5ccc6c(c5)c5ccccc5n6-c5cc(-c6ccccc6)nc(-c6ccccc6)n5)n4)cc32)sc2ccncc12. The van der Waals surface area contributed by atoms with Crippen LogP contribution in [0.4, 0.5) is 0 Å². The summed E-state index contributed by atoms with van der Waals surface area (Å²) in [5.41, 5.74) is 11.1. The van der Waals surface area contributed by atoms with Crippen molar-refractivity contribution in [3.05, 3.63) is 198 Å². The summed E-state index contributed by atoms with van der Waals surface area (Å²) in [6, 6.07) is 56.8. The lowest BCUT2D eigenvalue weighted by molar-refractivity contribution is 1.05. The van der Waals surface area contributed by atoms with Crippen LogP contribution in [0.5, 0.6) is 0 Å². The van der Waals surface area contributed by atoms with Gasteiger partial charge in [-0.2, -0.15) is 0 Å². The van der Waals surface area contributed by atoms with Gasteiger partial charge in [-0.15, -0.1) is 11.3 Å². The van der Waals surface area contributed by atoms with Crippen molar-refractivity contribution in [3.63, 3.8) is 0 Å². The van der Waals surface area contributed by atoms with Gasteiger partial charge in [0, 0.05) is 88.8 Å². The standard InChI is InChI=1S/C56H37N7S/c1-35(21-26-52-36(2)45-34-57-29-28-53(45)64-52)62-48-19-11-9-17-41(48)43-24-22-40(32-51(43)62)55-58-30-27-46(59-55)39-23-25-50-44(31-39)42-18-10-12-20-49(42)63(50)54-33-47(37-13-5-3-6-14-37)60-56(61-54)38-15-7-4-8-16-38/h3-34H,2H2,1H3/b35-21+,52-26+. The molecule has 0 unspecified atom stereocenters. The van der Waals surface area contributed by atoms with Crippen LogP contribution in [0, 0.1) is 0 Å². The van der Waals surface area contributed by atoms with Gasteiger partial charge in [0.15, 0.2) is 11.6 Å². The average Bonchev–Trinajstić information content (AvgIpc) is 4.00. The fourth-order valence-corrected chi connectivity index (χ4v) is 9.99. The molecule has 0 aliphatic rings. The van der Waals surface area contributed by atoms with Gasteiger partial charge in [-0.25, -0.2) is 19.9 Å². The van der Waals surface area contributed by atoms with Gasteiger partial charge in [0.25, 0.3) is 0 Å². The zero-order chi connectivity index (χ0) is 42.7. The molecule has 7 nitrogen and oxygen atoms in total. The van der Waals surface area contributed by atoms with Crippen LogP contribution in [0.15, 0.2) is 188 Å². The van der Waals surface area contributed by atoms with Gasteiger partial charge in [-0.3, -0.25) is 9.55 Å². The Morgan fingerprint density at radius 2 is 1.22 bits per heavy atom. The zero-order valence-electron chi connectivity index (χ0n) is 34.7. The molecule has 0 atom stereocenters. The minimum absolute atomic E-state index is 0.662. The van der Waals surface area contributed by atoms with Gasteiger partial charge in [-0.1, -0.05) is 122 Å². The normalized spacial score (nSPS) is 12.4. The molecule has 64 heavy (non-hydrogen) atoms. The number of benzene rings is 6. The Morgan fingerprint density at radius 3 is 2.03 bits per heavy atom. The van der Waals surface area contributed by atoms with Crippen LogP contribution in [0.3, 0.4) is 0 Å². The second-order valence-corrected chi connectivity index (χ2v) is 17.0. The molecule has 8 heteroatoms. The van der Waals surface area contributed by atoms with Crippen molar-refractivity contribution in [3.8, 4) is 51.1 Å². The van der Waals surface area contributed by atoms with Crippen molar-refractivity contribution in [2.45, 2.75) is 6.92 Å². The van der Waals surface area contributed by atoms with Crippen molar-refractivity contribution in [1.82, 2.24) is 34.1 Å². The Hall–Kier alpha value is -8.33. The molecule has 0 bridgehead atoms. The average molecular weight is 840 g/mol. The molecule has 0 saturated carbocycles. The van der Waals surface area contributed by atoms with Crippen LogP contribution in [0.1, 0.15) is 6.92 Å². The Balaban J connectivity index is 0.962. The lowest BCUT2D eigenvalue weighted by Crippen LogP contribution is -2.15. The molecule has 6 aromatic heterocycles. The molecular weight excluding hydrogens is 803 g/mol. The largest absolute Gasteiger partial charge is 0.313 e. The summed E-state index contributed by atoms with van der Waals surface area (Å²) < 4.78 is 6.89. The molecule has 0 radical (unpaired) electrons. The smallest absolute Gasteiger partial charge is 0.162 e. The number of aromatic nitrogens is 7. The molecule has 0 N–H and O–H groups in total. The van der Waals surface area contributed by atoms with Gasteiger partial charge in [0.1, 0.15) is 5.82 Å². The summed E-state index contributed by atoms with van der Waals surface area (Å²) >= 11 is 1.74. The Bertz CT molecular complexity index is 3880. The fourth-order valence-electron chi connectivity index (χ4n) is 8.96. The Labute approximate surface area is 372 Å². The fraction of sp³-hybridized carbons (Fsp3) is 0.0179. The first kappa shape index (κ1) is 37.4. The molecule has 302 valence electrons. The highest BCUT2D eigenvalue weighted by Gasteiger charge is 2.19. The number of para-hydroxylation sites is 2. The first-order valence-electron chi connectivity index (χ1n) is 21.2. The van der Waals surface area contributed by atoms with E-state index in [4.69, 9.17) is 19.9 Å². The number of hydrogen-bond acceptors (Lipinski definition) is 6. The van der Waals surface area contributed by atoms with Crippen LogP contribution in [-0.4, -0.2) is 34.1 Å². The van der Waals surface area contributed by atoms with Crippen molar-refractivity contribution < 1.29 is 0 Å². The predicted molar refractivity (Wildman–Crippen MR) is 266 cm³/mol. The van der Waals surface area contributed by atoms with Gasteiger partial charge >= 0.3 is 0 Å². The molecule has 12 aromatic rings. The maximum Gasteiger partial charge on any atom is 0.162 e. The number of fused-ring (bicyclic) bond motifs is 7. The number of thiophene rings is 1. The summed E-state index contributed by atoms with van der Waals surface area (Å²) in [6.45, 7) is 6.53. The van der Waals surface area contributed by atoms with Gasteiger partial charge < -0.3 is 4.57 Å². The van der Waals surface area contributed by atoms with Crippen LogP contribution in [-0.2, 0) is 0 Å². The zero-order valence-corrected chi connectivity index (χ0v) is 35.5. The van der Waals surface area contributed by atoms with Crippen LogP contribution < -0.4 is 9.75 Å². The van der Waals surface area contributed by atoms with E-state index in [9.17, 15) is 0 Å². The van der Waals surface area contributed by atoms with Crippen LogP contribution in [0.2, 0.25) is 0 Å². The van der Waals surface area contributed by atoms with E-state index in [1.165, 1.54) is 15.5 Å². The van der Waals surface area contributed by atoms with E-state index in [0.29, 0.717) is 11.6 Å². The summed E-state index contributed by atoms with van der Waals surface area (Å²) in [5, 5.41) is 6.70. The number of pyridine rings is 1. The molecule has 12 rings (SSSR count). The maximum atomic E-state index is 5.22. The van der Waals surface area contributed by atoms with Crippen molar-refractivity contribution in [2.75, 3.05) is 0 Å². The van der Waals surface area contributed by atoms with E-state index in [0.717, 1.165) is 93.1 Å². The molecule has 0 aliphatic carbocycles. The Morgan fingerprint density at radius 1 is 0.531 bits per heavy atom. The van der Waals surface area contributed by atoms with E-state index in [2.05, 4.69) is 161 Å². The third kappa shape index (κ3) is 6.30. The van der Waals surface area contributed by atoms with E-state index in [-0.39, 0.29) is 0 Å². The Kier molecular flexibility index (Phi) is 8.91. The second-order valence-electron chi connectivity index (χ2n) is 15.9. The van der Waals surface area contributed by atoms with Crippen LogP contribution in [0.25, 0.3) is 123 Å². The first-order chi connectivity index (χ1) is 31.6. The molecular formula is C56H37N7S. The minimum Gasteiger partial charge on any atom is -0.313 e. The number of allylic oxidation sites excluding steroid dienone is 2. The van der Waals surface area contributed by atoms with Gasteiger partial charge in [0.05, 0.1) is 33.5 Å². The predicted octanol–water partition coefficient (Wildman–Crippen LogP) is 12.5. The summed E-state index contributed by atoms with van der Waals surface area (Å²) in [6.07, 6.45) is 9.95. The number of nitrogens with zero attached hydrogens (tertiary/aromatic N) is 7. The van der Waals surface area contributed by atoms with Crippen molar-refractivity contribution in [1.29, 1.82) is 0 Å². The lowest BCUT2D eigenvalue weighted by Gasteiger charge is -2.12. The number of rotatable bonds is 7. The van der Waals surface area contributed by atoms with E-state index < -0.39 is 0 Å². The van der Waals surface area contributed by atoms with Crippen molar-refractivity contribution in [2.24, 2.45) is 0 Å². The van der Waals surface area contributed by atoms with Crippen molar-refractivity contribution >= 4 is 83.4 Å². The van der Waals surface area contributed by atoms with Crippen LogP contribution >= 0.6 is 11.3 Å². The molecule has 0 aliphatic heterocycles. The summed E-state index contributed by atoms with van der Waals surface area (Å²) in [7, 11) is 0. The molecule has 6 heterocycles. The lowest BCUT2D eigenvalue weighted by atomic mass is 10.1. The summed E-state index contributed by atoms with van der Waals surface area (Å²) in [4.78, 5) is 24.6. The van der Waals surface area contributed by atoms with Gasteiger partial charge in [0.2, 0.25) is 0 Å². The van der Waals surface area contributed by atoms with Gasteiger partial charge in [-0.05, 0) is 66.8 Å². The molecule has 0 amide bonds. The van der Waals surface area contributed by atoms with E-state index >= 15 is 0 Å². The summed E-state index contributed by atoms with van der Waals surface area (Å²) in [5.74, 6) is 2.14. The number of hydrogen-bond donors (Lipinski definition) is 0. The highest BCUT2D eigenvalue weighted by atomic mass is 32.1. The third-order valence-corrected chi connectivity index (χ3v) is 13.2. The van der Waals surface area contributed by atoms with E-state index in [1.807, 2.05) is 61.1 Å². The monoisotopic (exact) mass is 839 g/mol. The second kappa shape index (κ2) is 15.2. The van der Waals surface area contributed by atoms with E-state index in [1.54, 1.807) is 11.3 Å². The maximum absolute atomic E-state index is 5.22. The molecule has 0 fully saturated rings. The first-order valence-corrected chi connectivity index (χ1v) is 22.0. The molecule has 0 saturated heterocycles. The topological polar surface area (TPSA) is 74.3 Å². The highest BCUT2D eigenvalue weighted by molar-refractivity contribution is 7.17. The highest BCUT2D eigenvalue weighted by Crippen LogP contribution is 2.37. The third-order valence-electron chi connectivity index (χ3n) is 12.1.